The number of hydrogen-bond donors (Lipinski definition) is 3. The van der Waals surface area contributed by atoms with Crippen molar-refractivity contribution >= 4 is 11.8 Å². The highest BCUT2D eigenvalue weighted by molar-refractivity contribution is 5.60. The Kier molecular flexibility index (Phi) is 5.90. The smallest absolute Gasteiger partial charge is 0.225 e. The van der Waals surface area contributed by atoms with Crippen LogP contribution in [0.15, 0.2) is 60.8 Å². The molecule has 128 valence electrons. The van der Waals surface area contributed by atoms with Gasteiger partial charge in [-0.05, 0) is 24.1 Å². The second kappa shape index (κ2) is 8.75. The molecule has 0 radical (unpaired) electrons. The molecule has 0 unspecified atom stereocenters. The molecule has 0 aliphatic rings. The lowest BCUT2D eigenvalue weighted by Gasteiger charge is -2.11. The van der Waals surface area contributed by atoms with Crippen molar-refractivity contribution < 1.29 is 5.11 Å². The number of anilines is 2. The molecule has 1 aromatic carbocycles. The number of rotatable bonds is 8. The Hall–Kier alpha value is -2.99. The van der Waals surface area contributed by atoms with E-state index >= 15 is 0 Å². The maximum atomic E-state index is 8.94. The summed E-state index contributed by atoms with van der Waals surface area (Å²) in [6.07, 6.45) is 2.39. The third-order valence-corrected chi connectivity index (χ3v) is 3.59. The van der Waals surface area contributed by atoms with Gasteiger partial charge in [0, 0.05) is 32.0 Å². The molecule has 0 amide bonds. The van der Waals surface area contributed by atoms with E-state index in [0.29, 0.717) is 25.5 Å². The van der Waals surface area contributed by atoms with Crippen LogP contribution in [0.3, 0.4) is 0 Å². The van der Waals surface area contributed by atoms with E-state index in [2.05, 4.69) is 37.7 Å². The van der Waals surface area contributed by atoms with Crippen LogP contribution < -0.4 is 10.6 Å². The highest BCUT2D eigenvalue weighted by atomic mass is 16.3. The van der Waals surface area contributed by atoms with E-state index in [1.165, 1.54) is 5.56 Å². The van der Waals surface area contributed by atoms with E-state index in [0.717, 1.165) is 17.2 Å². The van der Waals surface area contributed by atoms with Crippen molar-refractivity contribution in [3.05, 3.63) is 66.4 Å². The fraction of sp³-hybridized carbons (Fsp3) is 0.211. The van der Waals surface area contributed by atoms with Crippen LogP contribution in [0.4, 0.5) is 11.8 Å². The van der Waals surface area contributed by atoms with Crippen molar-refractivity contribution in [2.75, 3.05) is 23.8 Å². The molecule has 0 saturated carbocycles. The Morgan fingerprint density at radius 1 is 0.880 bits per heavy atom. The van der Waals surface area contributed by atoms with Crippen molar-refractivity contribution in [3.63, 3.8) is 0 Å². The Morgan fingerprint density at radius 2 is 1.72 bits per heavy atom. The zero-order valence-corrected chi connectivity index (χ0v) is 13.9. The second-order valence-electron chi connectivity index (χ2n) is 5.52. The molecule has 0 saturated heterocycles. The van der Waals surface area contributed by atoms with Gasteiger partial charge in [0.05, 0.1) is 11.4 Å². The standard InChI is InChI=1S/C19H21N5O/c25-12-6-11-21-19-23-17(16-9-4-5-10-20-16)13-18(24-19)22-14-15-7-2-1-3-8-15/h1-5,7-10,13,25H,6,11-12,14H2,(H2,21,22,23,24). The van der Waals surface area contributed by atoms with Gasteiger partial charge < -0.3 is 15.7 Å². The van der Waals surface area contributed by atoms with Crippen LogP contribution in [0.2, 0.25) is 0 Å². The molecule has 0 bridgehead atoms. The molecule has 3 rings (SSSR count). The lowest BCUT2D eigenvalue weighted by Crippen LogP contribution is -2.10. The number of benzene rings is 1. The fourth-order valence-electron chi connectivity index (χ4n) is 2.33. The minimum Gasteiger partial charge on any atom is -0.396 e. The SMILES string of the molecule is OCCCNc1nc(NCc2ccccc2)cc(-c2ccccn2)n1. The highest BCUT2D eigenvalue weighted by Gasteiger charge is 2.07. The van der Waals surface area contributed by atoms with Gasteiger partial charge >= 0.3 is 0 Å². The lowest BCUT2D eigenvalue weighted by molar-refractivity contribution is 0.292. The van der Waals surface area contributed by atoms with Crippen molar-refractivity contribution in [2.45, 2.75) is 13.0 Å². The van der Waals surface area contributed by atoms with Crippen molar-refractivity contribution in [3.8, 4) is 11.4 Å². The molecule has 0 aliphatic carbocycles. The van der Waals surface area contributed by atoms with Crippen molar-refractivity contribution in [2.24, 2.45) is 0 Å². The summed E-state index contributed by atoms with van der Waals surface area (Å²) in [6, 6.07) is 17.8. The van der Waals surface area contributed by atoms with Crippen LogP contribution in [-0.2, 0) is 6.54 Å². The lowest BCUT2D eigenvalue weighted by atomic mass is 10.2. The predicted molar refractivity (Wildman–Crippen MR) is 99.2 cm³/mol. The molecule has 2 heterocycles. The minimum atomic E-state index is 0.131. The maximum Gasteiger partial charge on any atom is 0.225 e. The number of nitrogens with zero attached hydrogens (tertiary/aromatic N) is 3. The van der Waals surface area contributed by atoms with Crippen LogP contribution in [0.25, 0.3) is 11.4 Å². The Morgan fingerprint density at radius 3 is 2.48 bits per heavy atom. The molecular weight excluding hydrogens is 314 g/mol. The van der Waals surface area contributed by atoms with Gasteiger partial charge in [-0.1, -0.05) is 36.4 Å². The van der Waals surface area contributed by atoms with E-state index in [1.54, 1.807) is 6.20 Å². The van der Waals surface area contributed by atoms with Gasteiger partial charge in [-0.25, -0.2) is 4.98 Å². The first kappa shape index (κ1) is 16.9. The fourth-order valence-corrected chi connectivity index (χ4v) is 2.33. The minimum absolute atomic E-state index is 0.131. The first-order chi connectivity index (χ1) is 12.3. The molecule has 0 spiro atoms. The van der Waals surface area contributed by atoms with Crippen LogP contribution >= 0.6 is 0 Å². The zero-order valence-electron chi connectivity index (χ0n) is 13.9. The quantitative estimate of drug-likeness (QED) is 0.549. The molecule has 0 atom stereocenters. The molecular formula is C19H21N5O. The van der Waals surface area contributed by atoms with E-state index in [1.807, 2.05) is 42.5 Å². The molecule has 6 heteroatoms. The molecule has 3 N–H and O–H groups in total. The molecule has 0 aliphatic heterocycles. The Labute approximate surface area is 147 Å². The van der Waals surface area contributed by atoms with Gasteiger partial charge in [-0.15, -0.1) is 0 Å². The summed E-state index contributed by atoms with van der Waals surface area (Å²) < 4.78 is 0. The average molecular weight is 335 g/mol. The normalized spacial score (nSPS) is 10.4. The zero-order chi connectivity index (χ0) is 17.3. The van der Waals surface area contributed by atoms with Gasteiger partial charge in [0.25, 0.3) is 0 Å². The van der Waals surface area contributed by atoms with E-state index in [9.17, 15) is 0 Å². The number of pyridine rings is 1. The van der Waals surface area contributed by atoms with Gasteiger partial charge in [0.15, 0.2) is 0 Å². The van der Waals surface area contributed by atoms with Crippen molar-refractivity contribution in [1.29, 1.82) is 0 Å². The van der Waals surface area contributed by atoms with E-state index in [4.69, 9.17) is 5.11 Å². The molecule has 3 aromatic rings. The monoisotopic (exact) mass is 335 g/mol. The third-order valence-electron chi connectivity index (χ3n) is 3.59. The summed E-state index contributed by atoms with van der Waals surface area (Å²) in [6.45, 7) is 1.42. The molecule has 0 fully saturated rings. The Bertz CT molecular complexity index is 780. The number of aliphatic hydroxyl groups excluding tert-OH is 1. The van der Waals surface area contributed by atoms with Crippen molar-refractivity contribution in [1.82, 2.24) is 15.0 Å². The summed E-state index contributed by atoms with van der Waals surface area (Å²) in [5, 5.41) is 15.4. The van der Waals surface area contributed by atoms with Gasteiger partial charge in [0.2, 0.25) is 5.95 Å². The predicted octanol–water partition coefficient (Wildman–Crippen LogP) is 2.95. The van der Waals surface area contributed by atoms with E-state index < -0.39 is 0 Å². The maximum absolute atomic E-state index is 8.94. The molecule has 2 aromatic heterocycles. The number of aromatic nitrogens is 3. The summed E-state index contributed by atoms with van der Waals surface area (Å²) in [7, 11) is 0. The van der Waals surface area contributed by atoms with Crippen LogP contribution in [0.1, 0.15) is 12.0 Å². The topological polar surface area (TPSA) is 83.0 Å². The van der Waals surface area contributed by atoms with Gasteiger partial charge in [-0.3, -0.25) is 4.98 Å². The summed E-state index contributed by atoms with van der Waals surface area (Å²) in [5.41, 5.74) is 2.71. The summed E-state index contributed by atoms with van der Waals surface area (Å²) in [5.74, 6) is 1.25. The Balaban J connectivity index is 1.81. The summed E-state index contributed by atoms with van der Waals surface area (Å²) in [4.78, 5) is 13.4. The first-order valence-corrected chi connectivity index (χ1v) is 8.28. The van der Waals surface area contributed by atoms with Crippen LogP contribution in [0.5, 0.6) is 0 Å². The van der Waals surface area contributed by atoms with Gasteiger partial charge in [0.1, 0.15) is 5.82 Å². The van der Waals surface area contributed by atoms with E-state index in [-0.39, 0.29) is 6.61 Å². The highest BCUT2D eigenvalue weighted by Crippen LogP contribution is 2.20. The molecule has 25 heavy (non-hydrogen) atoms. The number of aliphatic hydroxyl groups is 1. The summed E-state index contributed by atoms with van der Waals surface area (Å²) >= 11 is 0. The average Bonchev–Trinajstić information content (AvgIpc) is 2.68. The molecule has 6 nitrogen and oxygen atoms in total. The number of hydrogen-bond acceptors (Lipinski definition) is 6. The number of nitrogens with one attached hydrogen (secondary N) is 2. The third kappa shape index (κ3) is 4.99. The largest absolute Gasteiger partial charge is 0.396 e. The second-order valence-corrected chi connectivity index (χ2v) is 5.52. The first-order valence-electron chi connectivity index (χ1n) is 8.28. The van der Waals surface area contributed by atoms with Gasteiger partial charge in [-0.2, -0.15) is 4.98 Å². The van der Waals surface area contributed by atoms with Crippen LogP contribution in [-0.4, -0.2) is 33.2 Å². The van der Waals surface area contributed by atoms with Crippen LogP contribution in [0, 0.1) is 0 Å².